The summed E-state index contributed by atoms with van der Waals surface area (Å²) in [6.07, 6.45) is 9.93. The van der Waals surface area contributed by atoms with E-state index in [-0.39, 0.29) is 11.6 Å². The van der Waals surface area contributed by atoms with Crippen LogP contribution < -0.4 is 10.6 Å². The zero-order valence-electron chi connectivity index (χ0n) is 14.7. The Morgan fingerprint density at radius 1 is 0.958 bits per heavy atom. The Hall–Kier alpha value is -1.55. The molecule has 2 aliphatic rings. The van der Waals surface area contributed by atoms with Crippen molar-refractivity contribution >= 4 is 6.03 Å². The van der Waals surface area contributed by atoms with Crippen LogP contribution in [0, 0.1) is 0 Å². The Morgan fingerprint density at radius 3 is 2.38 bits per heavy atom. The molecule has 2 N–H and O–H groups in total. The van der Waals surface area contributed by atoms with Crippen molar-refractivity contribution in [3.05, 3.63) is 35.9 Å². The molecule has 0 atom stereocenters. The van der Waals surface area contributed by atoms with Gasteiger partial charge in [0.1, 0.15) is 0 Å². The van der Waals surface area contributed by atoms with Crippen LogP contribution in [0.4, 0.5) is 4.79 Å². The minimum atomic E-state index is -0.0192. The maximum atomic E-state index is 12.2. The van der Waals surface area contributed by atoms with Crippen LogP contribution in [0.1, 0.15) is 50.5 Å². The zero-order chi connectivity index (χ0) is 16.7. The Morgan fingerprint density at radius 2 is 1.67 bits per heavy atom. The van der Waals surface area contributed by atoms with E-state index >= 15 is 0 Å². The van der Waals surface area contributed by atoms with E-state index in [0.717, 1.165) is 13.0 Å². The van der Waals surface area contributed by atoms with Crippen molar-refractivity contribution < 1.29 is 4.79 Å². The molecule has 0 aromatic heterocycles. The molecule has 24 heavy (non-hydrogen) atoms. The van der Waals surface area contributed by atoms with E-state index in [4.69, 9.17) is 0 Å². The number of urea groups is 1. The van der Waals surface area contributed by atoms with E-state index in [9.17, 15) is 4.79 Å². The summed E-state index contributed by atoms with van der Waals surface area (Å²) in [6.45, 7) is 3.89. The van der Waals surface area contributed by atoms with Crippen molar-refractivity contribution in [2.24, 2.45) is 0 Å². The van der Waals surface area contributed by atoms with Crippen LogP contribution in [0.25, 0.3) is 0 Å². The van der Waals surface area contributed by atoms with E-state index in [0.29, 0.717) is 6.54 Å². The number of hydrogen-bond donors (Lipinski definition) is 2. The normalized spacial score (nSPS) is 20.7. The molecular weight excluding hydrogens is 298 g/mol. The van der Waals surface area contributed by atoms with Crippen LogP contribution in [0.3, 0.4) is 0 Å². The predicted octanol–water partition coefficient (Wildman–Crippen LogP) is 3.33. The summed E-state index contributed by atoms with van der Waals surface area (Å²) in [4.78, 5) is 14.8. The summed E-state index contributed by atoms with van der Waals surface area (Å²) in [5, 5.41) is 6.16. The molecule has 4 heteroatoms. The Labute approximate surface area is 146 Å². The van der Waals surface area contributed by atoms with Crippen LogP contribution >= 0.6 is 0 Å². The number of amides is 2. The van der Waals surface area contributed by atoms with E-state index in [1.54, 1.807) is 0 Å². The van der Waals surface area contributed by atoms with Gasteiger partial charge in [-0.15, -0.1) is 0 Å². The van der Waals surface area contributed by atoms with Crippen molar-refractivity contribution in [3.63, 3.8) is 0 Å². The van der Waals surface area contributed by atoms with Gasteiger partial charge in [0.05, 0.1) is 0 Å². The molecule has 1 aromatic carbocycles. The largest absolute Gasteiger partial charge is 0.338 e. The van der Waals surface area contributed by atoms with Gasteiger partial charge in [0.25, 0.3) is 0 Å². The molecule has 1 saturated heterocycles. The Kier molecular flexibility index (Phi) is 6.13. The van der Waals surface area contributed by atoms with Gasteiger partial charge in [-0.3, -0.25) is 4.90 Å². The third-order valence-electron chi connectivity index (χ3n) is 5.68. The summed E-state index contributed by atoms with van der Waals surface area (Å²) >= 11 is 0. The molecule has 2 fully saturated rings. The lowest BCUT2D eigenvalue weighted by Gasteiger charge is -2.43. The van der Waals surface area contributed by atoms with Crippen LogP contribution in [0.2, 0.25) is 0 Å². The third kappa shape index (κ3) is 4.50. The van der Waals surface area contributed by atoms with Crippen molar-refractivity contribution in [2.45, 2.75) is 56.9 Å². The lowest BCUT2D eigenvalue weighted by atomic mass is 9.92. The monoisotopic (exact) mass is 329 g/mol. The number of likely N-dealkylation sites (tertiary alicyclic amines) is 1. The fourth-order valence-corrected chi connectivity index (χ4v) is 4.28. The first-order chi connectivity index (χ1) is 11.8. The number of piperidine rings is 1. The lowest BCUT2D eigenvalue weighted by molar-refractivity contribution is 0.0717. The summed E-state index contributed by atoms with van der Waals surface area (Å²) in [7, 11) is 0. The smallest absolute Gasteiger partial charge is 0.314 e. The summed E-state index contributed by atoms with van der Waals surface area (Å²) in [6, 6.07) is 10.3. The number of rotatable bonds is 6. The highest BCUT2D eigenvalue weighted by Crippen LogP contribution is 2.36. The average Bonchev–Trinajstić information content (AvgIpc) is 3.12. The van der Waals surface area contributed by atoms with E-state index in [2.05, 4.69) is 27.7 Å². The molecule has 3 rings (SSSR count). The molecule has 4 nitrogen and oxygen atoms in total. The van der Waals surface area contributed by atoms with Gasteiger partial charge in [0, 0.05) is 18.6 Å². The highest BCUT2D eigenvalue weighted by atomic mass is 16.2. The topological polar surface area (TPSA) is 44.4 Å². The standard InChI is InChI=1S/C20H31N3O/c24-19(21-14-11-18-9-3-1-4-10-18)22-17-20(12-5-6-13-20)23-15-7-2-8-16-23/h1,3-4,9-10H,2,5-8,11-17H2,(H2,21,22,24). The van der Waals surface area contributed by atoms with Gasteiger partial charge in [0.2, 0.25) is 0 Å². The van der Waals surface area contributed by atoms with Gasteiger partial charge in [0.15, 0.2) is 0 Å². The van der Waals surface area contributed by atoms with Gasteiger partial charge in [-0.2, -0.15) is 0 Å². The second kappa shape index (κ2) is 8.52. The van der Waals surface area contributed by atoms with Crippen molar-refractivity contribution in [3.8, 4) is 0 Å². The molecular formula is C20H31N3O. The first kappa shape index (κ1) is 17.3. The van der Waals surface area contributed by atoms with E-state index in [1.807, 2.05) is 18.2 Å². The fourth-order valence-electron chi connectivity index (χ4n) is 4.28. The maximum Gasteiger partial charge on any atom is 0.314 e. The summed E-state index contributed by atoms with van der Waals surface area (Å²) in [5.41, 5.74) is 1.48. The lowest BCUT2D eigenvalue weighted by Crippen LogP contribution is -2.56. The number of carbonyl (C=O) groups excluding carboxylic acids is 1. The molecule has 1 saturated carbocycles. The first-order valence-corrected chi connectivity index (χ1v) is 9.59. The third-order valence-corrected chi connectivity index (χ3v) is 5.68. The molecule has 0 radical (unpaired) electrons. The second-order valence-electron chi connectivity index (χ2n) is 7.32. The van der Waals surface area contributed by atoms with Crippen LogP contribution in [-0.4, -0.2) is 42.6 Å². The maximum absolute atomic E-state index is 12.2. The second-order valence-corrected chi connectivity index (χ2v) is 7.32. The van der Waals surface area contributed by atoms with Gasteiger partial charge in [-0.25, -0.2) is 4.79 Å². The molecule has 1 aliphatic heterocycles. The van der Waals surface area contributed by atoms with Gasteiger partial charge >= 0.3 is 6.03 Å². The molecule has 2 amide bonds. The van der Waals surface area contributed by atoms with Crippen LogP contribution in [0.15, 0.2) is 30.3 Å². The number of nitrogens with one attached hydrogen (secondary N) is 2. The summed E-state index contributed by atoms with van der Waals surface area (Å²) in [5.74, 6) is 0. The number of nitrogens with zero attached hydrogens (tertiary/aromatic N) is 1. The number of benzene rings is 1. The van der Waals surface area contributed by atoms with Crippen molar-refractivity contribution in [1.82, 2.24) is 15.5 Å². The molecule has 0 spiro atoms. The highest BCUT2D eigenvalue weighted by molar-refractivity contribution is 5.73. The molecule has 132 valence electrons. The fraction of sp³-hybridized carbons (Fsp3) is 0.650. The minimum Gasteiger partial charge on any atom is -0.338 e. The molecule has 0 unspecified atom stereocenters. The number of carbonyl (C=O) groups is 1. The van der Waals surface area contributed by atoms with Crippen LogP contribution in [0.5, 0.6) is 0 Å². The van der Waals surface area contributed by atoms with E-state index in [1.165, 1.54) is 63.6 Å². The molecule has 1 heterocycles. The molecule has 0 bridgehead atoms. The van der Waals surface area contributed by atoms with Crippen molar-refractivity contribution in [2.75, 3.05) is 26.2 Å². The van der Waals surface area contributed by atoms with Crippen molar-refractivity contribution in [1.29, 1.82) is 0 Å². The average molecular weight is 329 g/mol. The number of hydrogen-bond acceptors (Lipinski definition) is 2. The van der Waals surface area contributed by atoms with Crippen LogP contribution in [-0.2, 0) is 6.42 Å². The van der Waals surface area contributed by atoms with Gasteiger partial charge < -0.3 is 10.6 Å². The molecule has 1 aromatic rings. The first-order valence-electron chi connectivity index (χ1n) is 9.59. The van der Waals surface area contributed by atoms with Gasteiger partial charge in [-0.05, 0) is 50.8 Å². The molecule has 1 aliphatic carbocycles. The Balaban J connectivity index is 1.43. The summed E-state index contributed by atoms with van der Waals surface area (Å²) < 4.78 is 0. The predicted molar refractivity (Wildman–Crippen MR) is 98.2 cm³/mol. The zero-order valence-corrected chi connectivity index (χ0v) is 14.7. The Bertz CT molecular complexity index is 505. The van der Waals surface area contributed by atoms with E-state index < -0.39 is 0 Å². The minimum absolute atomic E-state index is 0.0192. The highest BCUT2D eigenvalue weighted by Gasteiger charge is 2.39. The SMILES string of the molecule is O=C(NCCc1ccccc1)NCC1(N2CCCCC2)CCCC1. The quantitative estimate of drug-likeness (QED) is 0.841. The van der Waals surface area contributed by atoms with Gasteiger partial charge in [-0.1, -0.05) is 49.6 Å².